The van der Waals surface area contributed by atoms with Gasteiger partial charge in [-0.25, -0.2) is 9.59 Å². The van der Waals surface area contributed by atoms with Gasteiger partial charge < -0.3 is 25.3 Å². The van der Waals surface area contributed by atoms with Gasteiger partial charge >= 0.3 is 12.1 Å². The molecule has 0 bridgehead atoms. The minimum atomic E-state index is -1.16. The topological polar surface area (TPSA) is 139 Å². The van der Waals surface area contributed by atoms with Gasteiger partial charge in [0.15, 0.2) is 0 Å². The van der Waals surface area contributed by atoms with Crippen molar-refractivity contribution >= 4 is 30.0 Å². The van der Waals surface area contributed by atoms with E-state index in [1.165, 1.54) is 0 Å². The lowest BCUT2D eigenvalue weighted by molar-refractivity contribution is -0.142. The summed E-state index contributed by atoms with van der Waals surface area (Å²) in [7, 11) is 0. The van der Waals surface area contributed by atoms with Crippen LogP contribution in [0.3, 0.4) is 0 Å². The normalized spacial score (nSPS) is 13.5. The number of ketones is 1. The van der Waals surface area contributed by atoms with E-state index in [4.69, 9.17) is 4.74 Å². The molecule has 2 atom stereocenters. The first-order valence-electron chi connectivity index (χ1n) is 13.4. The molecule has 1 aliphatic rings. The van der Waals surface area contributed by atoms with E-state index >= 15 is 0 Å². The van der Waals surface area contributed by atoms with Crippen molar-refractivity contribution in [2.75, 3.05) is 6.61 Å². The van der Waals surface area contributed by atoms with Crippen molar-refractivity contribution in [2.24, 2.45) is 0 Å². The van der Waals surface area contributed by atoms with Crippen LogP contribution in [0.1, 0.15) is 75.3 Å². The van der Waals surface area contributed by atoms with Crippen molar-refractivity contribution < 1.29 is 33.8 Å². The van der Waals surface area contributed by atoms with Gasteiger partial charge in [0.25, 0.3) is 0 Å². The Morgan fingerprint density at radius 2 is 1.54 bits per heavy atom. The van der Waals surface area contributed by atoms with E-state index in [1.807, 2.05) is 36.4 Å². The van der Waals surface area contributed by atoms with Crippen molar-refractivity contribution in [3.8, 4) is 11.1 Å². The molecule has 0 aromatic heterocycles. The molecule has 208 valence electrons. The SMILES string of the molecule is CCC(=O)NC(CCC(=O)CCCCCC(C=O)NC(=O)OCC1c2ccccc2-c2ccccc21)C(=O)O. The minimum Gasteiger partial charge on any atom is -0.480 e. The first kappa shape index (κ1) is 29.5. The molecule has 2 unspecified atom stereocenters. The third-order valence-corrected chi connectivity index (χ3v) is 6.95. The number of hydrogen-bond acceptors (Lipinski definition) is 6. The third kappa shape index (κ3) is 8.49. The number of carboxylic acids is 1. The Morgan fingerprint density at radius 3 is 2.13 bits per heavy atom. The fourth-order valence-electron chi connectivity index (χ4n) is 4.81. The molecule has 3 rings (SSSR count). The number of fused-ring (bicyclic) bond motifs is 3. The quantitative estimate of drug-likeness (QED) is 0.214. The summed E-state index contributed by atoms with van der Waals surface area (Å²) < 4.78 is 5.50. The van der Waals surface area contributed by atoms with Gasteiger partial charge in [0, 0.05) is 25.2 Å². The fourth-order valence-corrected chi connectivity index (χ4v) is 4.81. The maximum atomic E-state index is 12.4. The smallest absolute Gasteiger partial charge is 0.407 e. The van der Waals surface area contributed by atoms with Gasteiger partial charge in [-0.15, -0.1) is 0 Å². The highest BCUT2D eigenvalue weighted by Crippen LogP contribution is 2.44. The number of amides is 2. The number of rotatable bonds is 16. The molecule has 9 nitrogen and oxygen atoms in total. The summed E-state index contributed by atoms with van der Waals surface area (Å²) in [6.45, 7) is 1.79. The van der Waals surface area contributed by atoms with Gasteiger partial charge in [-0.2, -0.15) is 0 Å². The number of alkyl carbamates (subject to hydrolysis) is 1. The molecule has 0 saturated carbocycles. The van der Waals surface area contributed by atoms with E-state index in [-0.39, 0.29) is 43.5 Å². The van der Waals surface area contributed by atoms with Gasteiger partial charge in [-0.1, -0.05) is 68.3 Å². The van der Waals surface area contributed by atoms with E-state index in [0.717, 1.165) is 22.3 Å². The molecule has 0 saturated heterocycles. The van der Waals surface area contributed by atoms with E-state index < -0.39 is 24.1 Å². The highest BCUT2D eigenvalue weighted by atomic mass is 16.5. The third-order valence-electron chi connectivity index (χ3n) is 6.95. The number of carbonyl (C=O) groups excluding carboxylic acids is 4. The summed E-state index contributed by atoms with van der Waals surface area (Å²) in [6.07, 6.45) is 2.95. The summed E-state index contributed by atoms with van der Waals surface area (Å²) >= 11 is 0. The van der Waals surface area contributed by atoms with Gasteiger partial charge in [0.2, 0.25) is 5.91 Å². The number of aldehydes is 1. The molecular formula is C30H36N2O7. The monoisotopic (exact) mass is 536 g/mol. The number of nitrogens with one attached hydrogen (secondary N) is 2. The second-order valence-electron chi connectivity index (χ2n) is 9.70. The van der Waals surface area contributed by atoms with Crippen LogP contribution >= 0.6 is 0 Å². The average Bonchev–Trinajstić information content (AvgIpc) is 3.26. The van der Waals surface area contributed by atoms with Crippen LogP contribution in [0.15, 0.2) is 48.5 Å². The zero-order valence-corrected chi connectivity index (χ0v) is 22.2. The summed E-state index contributed by atoms with van der Waals surface area (Å²) in [6, 6.07) is 14.3. The molecule has 3 N–H and O–H groups in total. The number of carbonyl (C=O) groups is 5. The second kappa shape index (κ2) is 14.8. The molecular weight excluding hydrogens is 500 g/mol. The molecule has 0 aliphatic heterocycles. The van der Waals surface area contributed by atoms with Gasteiger partial charge in [0.05, 0.1) is 6.04 Å². The molecule has 1 aliphatic carbocycles. The highest BCUT2D eigenvalue weighted by Gasteiger charge is 2.29. The summed E-state index contributed by atoms with van der Waals surface area (Å²) in [5, 5.41) is 14.2. The molecule has 2 amide bonds. The maximum Gasteiger partial charge on any atom is 0.407 e. The number of hydrogen-bond donors (Lipinski definition) is 3. The maximum absolute atomic E-state index is 12.4. The zero-order valence-electron chi connectivity index (χ0n) is 22.2. The second-order valence-corrected chi connectivity index (χ2v) is 9.70. The number of benzene rings is 2. The summed E-state index contributed by atoms with van der Waals surface area (Å²) in [4.78, 5) is 58.7. The number of ether oxygens (including phenoxy) is 1. The van der Waals surface area contributed by atoms with E-state index in [9.17, 15) is 29.1 Å². The van der Waals surface area contributed by atoms with Crippen LogP contribution in [0.5, 0.6) is 0 Å². The van der Waals surface area contributed by atoms with Crippen molar-refractivity contribution in [1.82, 2.24) is 10.6 Å². The van der Waals surface area contributed by atoms with E-state index in [2.05, 4.69) is 22.8 Å². The van der Waals surface area contributed by atoms with Crippen LogP contribution in [0.2, 0.25) is 0 Å². The van der Waals surface area contributed by atoms with Crippen molar-refractivity contribution in [1.29, 1.82) is 0 Å². The number of Topliss-reactive ketones (excluding diaryl/α,β-unsaturated/α-hetero) is 1. The summed E-state index contributed by atoms with van der Waals surface area (Å²) in [5.74, 6) is -1.67. The zero-order chi connectivity index (χ0) is 28.2. The number of carboxylic acid groups (broad SMARTS) is 1. The van der Waals surface area contributed by atoms with Crippen LogP contribution in [0.4, 0.5) is 4.79 Å². The Kier molecular flexibility index (Phi) is 11.2. The molecule has 2 aromatic rings. The van der Waals surface area contributed by atoms with Crippen molar-refractivity contribution in [2.45, 2.75) is 76.3 Å². The first-order chi connectivity index (χ1) is 18.8. The Morgan fingerprint density at radius 1 is 0.897 bits per heavy atom. The van der Waals surface area contributed by atoms with Crippen LogP contribution < -0.4 is 10.6 Å². The Bertz CT molecular complexity index is 1130. The lowest BCUT2D eigenvalue weighted by atomic mass is 9.98. The molecule has 0 spiro atoms. The predicted octanol–water partition coefficient (Wildman–Crippen LogP) is 4.37. The molecule has 0 heterocycles. The number of aliphatic carboxylic acids is 1. The fraction of sp³-hybridized carbons (Fsp3) is 0.433. The van der Waals surface area contributed by atoms with Crippen molar-refractivity contribution in [3.63, 3.8) is 0 Å². The first-order valence-corrected chi connectivity index (χ1v) is 13.4. The Labute approximate surface area is 228 Å². The predicted molar refractivity (Wildman–Crippen MR) is 145 cm³/mol. The molecule has 39 heavy (non-hydrogen) atoms. The van der Waals surface area contributed by atoms with Gasteiger partial charge in [-0.05, 0) is 41.5 Å². The molecule has 0 fully saturated rings. The molecule has 2 aromatic carbocycles. The minimum absolute atomic E-state index is 0.0528. The van der Waals surface area contributed by atoms with E-state index in [0.29, 0.717) is 38.4 Å². The lowest BCUT2D eigenvalue weighted by Gasteiger charge is -2.16. The van der Waals surface area contributed by atoms with E-state index in [1.54, 1.807) is 6.92 Å². The van der Waals surface area contributed by atoms with Gasteiger partial charge in [0.1, 0.15) is 24.7 Å². The number of unbranched alkanes of at least 4 members (excludes halogenated alkanes) is 2. The molecule has 0 radical (unpaired) electrons. The largest absolute Gasteiger partial charge is 0.480 e. The lowest BCUT2D eigenvalue weighted by Crippen LogP contribution is -2.40. The van der Waals surface area contributed by atoms with Crippen LogP contribution in [0, 0.1) is 0 Å². The average molecular weight is 537 g/mol. The Balaban J connectivity index is 1.35. The Hall–Kier alpha value is -4.01. The van der Waals surface area contributed by atoms with Gasteiger partial charge in [-0.3, -0.25) is 9.59 Å². The molecule has 9 heteroatoms. The van der Waals surface area contributed by atoms with Crippen molar-refractivity contribution in [3.05, 3.63) is 59.7 Å². The summed E-state index contributed by atoms with van der Waals surface area (Å²) in [5.41, 5.74) is 4.49. The standard InChI is InChI=1S/C30H36N2O7/c1-2-28(35)32-27(29(36)37)17-16-21(34)11-5-3-4-10-20(18-33)31-30(38)39-19-26-24-14-8-6-12-22(24)23-13-7-9-15-25(23)26/h6-9,12-15,18,20,26-27H,2-5,10-11,16-17,19H2,1H3,(H,31,38)(H,32,35)(H,36,37). The van der Waals surface area contributed by atoms with Crippen LogP contribution in [0.25, 0.3) is 11.1 Å². The highest BCUT2D eigenvalue weighted by molar-refractivity contribution is 5.84. The van der Waals surface area contributed by atoms with Crippen LogP contribution in [-0.4, -0.2) is 53.8 Å². The van der Waals surface area contributed by atoms with Crippen LogP contribution in [-0.2, 0) is 23.9 Å².